The van der Waals surface area contributed by atoms with Crippen LogP contribution in [0.1, 0.15) is 11.0 Å². The van der Waals surface area contributed by atoms with Crippen molar-refractivity contribution in [3.05, 3.63) is 230 Å². The second-order valence-corrected chi connectivity index (χ2v) is 15.1. The van der Waals surface area contributed by atoms with Crippen molar-refractivity contribution in [2.45, 2.75) is 0 Å². The fourth-order valence-corrected chi connectivity index (χ4v) is 8.93. The van der Waals surface area contributed by atoms with E-state index in [-0.39, 0.29) is 46.7 Å². The minimum Gasteiger partial charge on any atom is -0.310 e. The van der Waals surface area contributed by atoms with Gasteiger partial charge in [-0.05, 0) is 127 Å². The van der Waals surface area contributed by atoms with Crippen LogP contribution in [0.25, 0.3) is 92.8 Å². The van der Waals surface area contributed by atoms with Crippen molar-refractivity contribution in [2.24, 2.45) is 0 Å². The number of para-hydroxylation sites is 2. The van der Waals surface area contributed by atoms with Gasteiger partial charge in [-0.25, -0.2) is 0 Å². The van der Waals surface area contributed by atoms with Gasteiger partial charge in [-0.3, -0.25) is 0 Å². The van der Waals surface area contributed by atoms with E-state index in [1.807, 2.05) is 176 Å². The SMILES string of the molecule is [2H]c1c([2H])c(N(c2c([2H])c([2H])c(-c3cc4ccccc4c4ccccc34)c([2H])c2[2H])c2cc3ccccc3c3ccccc23)c([2H])c([2H])c1-c1ccc2c(c1)c1ccccc1n2-c1ccccc1. The van der Waals surface area contributed by atoms with Crippen molar-refractivity contribution < 1.29 is 11.0 Å². The minimum atomic E-state index is -0.397. The molecule has 0 amide bonds. The lowest BCUT2D eigenvalue weighted by molar-refractivity contribution is 1.18. The second kappa shape index (κ2) is 13.9. The molecule has 0 fully saturated rings. The number of nitrogens with zero attached hydrogens (tertiary/aromatic N) is 2. The van der Waals surface area contributed by atoms with Gasteiger partial charge < -0.3 is 9.47 Å². The largest absolute Gasteiger partial charge is 0.310 e. The van der Waals surface area contributed by atoms with Gasteiger partial charge in [0.25, 0.3) is 0 Å². The van der Waals surface area contributed by atoms with Crippen LogP contribution in [0.4, 0.5) is 17.1 Å². The predicted molar refractivity (Wildman–Crippen MR) is 256 cm³/mol. The zero-order chi connectivity index (χ0) is 46.5. The fourth-order valence-electron chi connectivity index (χ4n) is 8.93. The first-order valence-corrected chi connectivity index (χ1v) is 20.0. The monoisotopic (exact) mass is 770 g/mol. The number of benzene rings is 11. The zero-order valence-electron chi connectivity index (χ0n) is 40.2. The number of anilines is 3. The van der Waals surface area contributed by atoms with E-state index in [0.717, 1.165) is 65.2 Å². The lowest BCUT2D eigenvalue weighted by atomic mass is 9.93. The van der Waals surface area contributed by atoms with Crippen LogP contribution in [0, 0.1) is 0 Å². The molecule has 1 heterocycles. The predicted octanol–water partition coefficient (Wildman–Crippen LogP) is 16.2. The van der Waals surface area contributed by atoms with Gasteiger partial charge in [0.1, 0.15) is 0 Å². The molecule has 12 aromatic rings. The number of hydrogen-bond acceptors (Lipinski definition) is 1. The van der Waals surface area contributed by atoms with E-state index in [0.29, 0.717) is 22.2 Å². The molecule has 0 unspecified atom stereocenters. The van der Waals surface area contributed by atoms with Gasteiger partial charge in [-0.15, -0.1) is 0 Å². The molecule has 0 aliphatic heterocycles. The quantitative estimate of drug-likeness (QED) is 0.153. The minimum absolute atomic E-state index is 0.101. The molecule has 0 atom stereocenters. The molecular formula is C58H38N2. The van der Waals surface area contributed by atoms with Gasteiger partial charge in [0, 0.05) is 33.2 Å². The fraction of sp³-hybridized carbons (Fsp3) is 0. The van der Waals surface area contributed by atoms with Crippen molar-refractivity contribution in [3.8, 4) is 27.9 Å². The van der Waals surface area contributed by atoms with Crippen molar-refractivity contribution in [2.75, 3.05) is 4.90 Å². The van der Waals surface area contributed by atoms with E-state index in [1.165, 1.54) is 4.90 Å². The highest BCUT2D eigenvalue weighted by Gasteiger charge is 2.19. The van der Waals surface area contributed by atoms with Crippen molar-refractivity contribution in [1.82, 2.24) is 4.57 Å². The molecule has 2 heteroatoms. The summed E-state index contributed by atoms with van der Waals surface area (Å²) >= 11 is 0. The van der Waals surface area contributed by atoms with Crippen LogP contribution >= 0.6 is 0 Å². The lowest BCUT2D eigenvalue weighted by Gasteiger charge is -2.28. The maximum atomic E-state index is 9.88. The highest BCUT2D eigenvalue weighted by Crippen LogP contribution is 2.44. The third-order valence-corrected chi connectivity index (χ3v) is 11.7. The Kier molecular flexibility index (Phi) is 6.21. The standard InChI is InChI=1S/C58H38N2/c1-2-16-44(17-3-1)60-56-25-13-12-24-53(56)55-36-41(30-35-57(55)60)39-26-31-45(32-27-39)59(58-38-43-15-5-7-19-48(43)50-21-10-11-23-52(50)58)46-33-28-40(29-34-46)54-37-42-14-4-6-18-47(42)49-20-8-9-22-51(49)54/h1-38H/i26D,27D,28D,29D,31D,32D,33D,34D. The molecular weight excluding hydrogens is 725 g/mol. The summed E-state index contributed by atoms with van der Waals surface area (Å²) in [6, 6.07) is 55.9. The number of hydrogen-bond donors (Lipinski definition) is 0. The van der Waals surface area contributed by atoms with Crippen LogP contribution in [-0.4, -0.2) is 4.57 Å². The molecule has 0 aliphatic rings. The van der Waals surface area contributed by atoms with Crippen LogP contribution in [-0.2, 0) is 0 Å². The van der Waals surface area contributed by atoms with Gasteiger partial charge in [-0.1, -0.05) is 164 Å². The Hall–Kier alpha value is -7.94. The van der Waals surface area contributed by atoms with Crippen molar-refractivity contribution in [3.63, 3.8) is 0 Å². The summed E-state index contributed by atoms with van der Waals surface area (Å²) in [4.78, 5) is 1.43. The molecule has 0 spiro atoms. The average Bonchev–Trinajstić information content (AvgIpc) is 3.71. The first-order valence-electron chi connectivity index (χ1n) is 24.0. The van der Waals surface area contributed by atoms with Gasteiger partial charge in [0.05, 0.1) is 27.7 Å². The molecule has 12 rings (SSSR count). The van der Waals surface area contributed by atoms with Crippen molar-refractivity contribution in [1.29, 1.82) is 0 Å². The maximum absolute atomic E-state index is 9.88. The van der Waals surface area contributed by atoms with E-state index in [1.54, 1.807) is 0 Å². The summed E-state index contributed by atoms with van der Waals surface area (Å²) in [7, 11) is 0. The van der Waals surface area contributed by atoms with E-state index in [2.05, 4.69) is 10.6 Å². The highest BCUT2D eigenvalue weighted by atomic mass is 15.1. The summed E-state index contributed by atoms with van der Waals surface area (Å²) in [5, 5.41) is 8.65. The molecule has 0 saturated carbocycles. The first kappa shape index (κ1) is 26.9. The molecule has 1 aromatic heterocycles. The molecule has 11 aromatic carbocycles. The van der Waals surface area contributed by atoms with Gasteiger partial charge in [0.2, 0.25) is 0 Å². The maximum Gasteiger partial charge on any atom is 0.0645 e. The Bertz CT molecular complexity index is 4030. The highest BCUT2D eigenvalue weighted by molar-refractivity contribution is 6.16. The Morgan fingerprint density at radius 1 is 0.333 bits per heavy atom. The molecule has 0 radical (unpaired) electrons. The van der Waals surface area contributed by atoms with E-state index in [9.17, 15) is 11.0 Å². The first-order chi connectivity index (χ1) is 33.1. The number of aromatic nitrogens is 1. The Labute approximate surface area is 359 Å². The molecule has 0 saturated heterocycles. The summed E-state index contributed by atoms with van der Waals surface area (Å²) in [6.07, 6.45) is 0. The third-order valence-electron chi connectivity index (χ3n) is 11.7. The molecule has 0 aliphatic carbocycles. The lowest BCUT2D eigenvalue weighted by Crippen LogP contribution is -2.10. The topological polar surface area (TPSA) is 8.17 Å². The van der Waals surface area contributed by atoms with Crippen LogP contribution in [0.2, 0.25) is 0 Å². The molecule has 60 heavy (non-hydrogen) atoms. The summed E-state index contributed by atoms with van der Waals surface area (Å²) in [6.45, 7) is 0. The summed E-state index contributed by atoms with van der Waals surface area (Å²) in [5.41, 5.74) is 4.13. The van der Waals surface area contributed by atoms with Gasteiger partial charge >= 0.3 is 0 Å². The van der Waals surface area contributed by atoms with E-state index < -0.39 is 24.2 Å². The third kappa shape index (κ3) is 5.50. The Balaban J connectivity index is 1.13. The number of rotatable bonds is 6. The normalized spacial score (nSPS) is 13.5. The van der Waals surface area contributed by atoms with Crippen LogP contribution < -0.4 is 4.90 Å². The zero-order valence-corrected chi connectivity index (χ0v) is 32.2. The summed E-state index contributed by atoms with van der Waals surface area (Å²) < 4.78 is 80.6. The summed E-state index contributed by atoms with van der Waals surface area (Å²) in [5.74, 6) is 0. The smallest absolute Gasteiger partial charge is 0.0645 e. The van der Waals surface area contributed by atoms with Crippen LogP contribution in [0.15, 0.2) is 230 Å². The average molecular weight is 771 g/mol. The van der Waals surface area contributed by atoms with Crippen LogP contribution in [0.3, 0.4) is 0 Å². The van der Waals surface area contributed by atoms with Crippen molar-refractivity contribution >= 4 is 82.0 Å². The Morgan fingerprint density at radius 2 is 0.833 bits per heavy atom. The van der Waals surface area contributed by atoms with Crippen LogP contribution in [0.5, 0.6) is 0 Å². The van der Waals surface area contributed by atoms with Gasteiger partial charge in [-0.2, -0.15) is 0 Å². The molecule has 280 valence electrons. The molecule has 0 N–H and O–H groups in total. The second-order valence-electron chi connectivity index (χ2n) is 15.1. The number of fused-ring (bicyclic) bond motifs is 9. The molecule has 2 nitrogen and oxygen atoms in total. The molecule has 0 bridgehead atoms. The van der Waals surface area contributed by atoms with E-state index in [4.69, 9.17) is 0 Å². The Morgan fingerprint density at radius 3 is 1.52 bits per heavy atom. The van der Waals surface area contributed by atoms with E-state index >= 15 is 0 Å². The van der Waals surface area contributed by atoms with Gasteiger partial charge in [0.15, 0.2) is 0 Å².